The maximum absolute atomic E-state index is 11.4. The van der Waals surface area contributed by atoms with Gasteiger partial charge in [0.1, 0.15) is 11.3 Å². The molecule has 0 heterocycles. The van der Waals surface area contributed by atoms with E-state index >= 15 is 0 Å². The van der Waals surface area contributed by atoms with Gasteiger partial charge in [0.05, 0.1) is 7.11 Å². The number of benzene rings is 1. The second kappa shape index (κ2) is 4.85. The molecule has 19 heavy (non-hydrogen) atoms. The van der Waals surface area contributed by atoms with Gasteiger partial charge in [-0.2, -0.15) is 0 Å². The number of carboxylic acids is 1. The minimum atomic E-state index is -0.880. The first-order chi connectivity index (χ1) is 8.87. The molecule has 1 aromatic rings. The lowest BCUT2D eigenvalue weighted by molar-refractivity contribution is -0.150. The molecular formula is C15H21NO3. The van der Waals surface area contributed by atoms with Crippen LogP contribution in [0.3, 0.4) is 0 Å². The molecule has 0 amide bonds. The van der Waals surface area contributed by atoms with Crippen molar-refractivity contribution >= 4 is 5.97 Å². The maximum Gasteiger partial charge on any atom is 0.323 e. The Kier molecular flexibility index (Phi) is 3.54. The van der Waals surface area contributed by atoms with Crippen molar-refractivity contribution in [2.45, 2.75) is 38.3 Å². The number of rotatable bonds is 4. The van der Waals surface area contributed by atoms with Crippen molar-refractivity contribution in [2.75, 3.05) is 14.2 Å². The third-order valence-electron chi connectivity index (χ3n) is 4.27. The summed E-state index contributed by atoms with van der Waals surface area (Å²) in [6.07, 6.45) is 1.94. The molecule has 0 aliphatic heterocycles. The highest BCUT2D eigenvalue weighted by atomic mass is 16.5. The number of likely N-dealkylation sites (N-methyl/N-ethyl adjacent to an activating group) is 1. The largest absolute Gasteiger partial charge is 0.497 e. The molecule has 0 saturated carbocycles. The summed E-state index contributed by atoms with van der Waals surface area (Å²) >= 11 is 0. The average Bonchev–Trinajstić information content (AvgIpc) is 2.79. The SMILES string of the molecule is COc1ccc2c(c1)C(N(C)C(C)(C)C(=O)O)CC2. The standard InChI is InChI=1S/C15H21NO3/c1-15(2,14(17)18)16(3)13-8-6-10-5-7-11(19-4)9-12(10)13/h5,7,9,13H,6,8H2,1-4H3,(H,17,18). The van der Waals surface area contributed by atoms with Crippen LogP contribution in [0.4, 0.5) is 0 Å². The molecular weight excluding hydrogens is 242 g/mol. The summed E-state index contributed by atoms with van der Waals surface area (Å²) in [6.45, 7) is 3.49. The van der Waals surface area contributed by atoms with Crippen molar-refractivity contribution in [3.8, 4) is 5.75 Å². The quantitative estimate of drug-likeness (QED) is 0.906. The Hall–Kier alpha value is -1.55. The Balaban J connectivity index is 2.33. The first-order valence-electron chi connectivity index (χ1n) is 6.51. The Morgan fingerprint density at radius 3 is 2.74 bits per heavy atom. The molecule has 1 aliphatic carbocycles. The minimum absolute atomic E-state index is 0.135. The molecule has 1 aliphatic rings. The summed E-state index contributed by atoms with van der Waals surface area (Å²) in [5, 5.41) is 9.35. The predicted octanol–water partition coefficient (Wildman–Crippen LogP) is 2.48. The van der Waals surface area contributed by atoms with Gasteiger partial charge in [-0.3, -0.25) is 9.69 Å². The fourth-order valence-corrected chi connectivity index (χ4v) is 2.63. The third kappa shape index (κ3) is 2.32. The van der Waals surface area contributed by atoms with Crippen molar-refractivity contribution in [3.05, 3.63) is 29.3 Å². The number of hydrogen-bond donors (Lipinski definition) is 1. The number of methoxy groups -OCH3 is 1. The van der Waals surface area contributed by atoms with Gasteiger partial charge in [-0.25, -0.2) is 0 Å². The minimum Gasteiger partial charge on any atom is -0.497 e. The molecule has 1 N–H and O–H groups in total. The molecule has 0 aromatic heterocycles. The molecule has 1 unspecified atom stereocenters. The Labute approximate surface area is 114 Å². The van der Waals surface area contributed by atoms with Gasteiger partial charge < -0.3 is 9.84 Å². The molecule has 0 saturated heterocycles. The lowest BCUT2D eigenvalue weighted by Crippen LogP contribution is -2.49. The van der Waals surface area contributed by atoms with Crippen molar-refractivity contribution < 1.29 is 14.6 Å². The topological polar surface area (TPSA) is 49.8 Å². The normalized spacial score (nSPS) is 18.5. The Bertz CT molecular complexity index is 496. The Morgan fingerprint density at radius 2 is 2.16 bits per heavy atom. The summed E-state index contributed by atoms with van der Waals surface area (Å²) in [5.74, 6) is 0.0264. The lowest BCUT2D eigenvalue weighted by atomic mass is 9.98. The molecule has 0 spiro atoms. The van der Waals surface area contributed by atoms with E-state index < -0.39 is 11.5 Å². The van der Waals surface area contributed by atoms with Gasteiger partial charge in [-0.1, -0.05) is 6.07 Å². The summed E-state index contributed by atoms with van der Waals surface area (Å²) in [6, 6.07) is 6.21. The highest BCUT2D eigenvalue weighted by molar-refractivity contribution is 5.77. The van der Waals surface area contributed by atoms with E-state index in [9.17, 15) is 9.90 Å². The summed E-state index contributed by atoms with van der Waals surface area (Å²) in [7, 11) is 3.53. The molecule has 1 aromatic carbocycles. The highest BCUT2D eigenvalue weighted by Gasteiger charge is 2.39. The van der Waals surface area contributed by atoms with E-state index in [0.29, 0.717) is 0 Å². The number of ether oxygens (including phenoxy) is 1. The molecule has 104 valence electrons. The van der Waals surface area contributed by atoms with E-state index in [4.69, 9.17) is 4.74 Å². The lowest BCUT2D eigenvalue weighted by Gasteiger charge is -2.36. The van der Waals surface area contributed by atoms with Crippen LogP contribution in [0.15, 0.2) is 18.2 Å². The van der Waals surface area contributed by atoms with Crippen LogP contribution in [-0.2, 0) is 11.2 Å². The fourth-order valence-electron chi connectivity index (χ4n) is 2.63. The van der Waals surface area contributed by atoms with E-state index in [-0.39, 0.29) is 6.04 Å². The number of fused-ring (bicyclic) bond motifs is 1. The first kappa shape index (κ1) is 13.9. The average molecular weight is 263 g/mol. The maximum atomic E-state index is 11.4. The number of carbonyl (C=O) groups is 1. The second-order valence-electron chi connectivity index (χ2n) is 5.59. The van der Waals surface area contributed by atoms with Crippen LogP contribution in [0.1, 0.15) is 37.4 Å². The summed E-state index contributed by atoms with van der Waals surface area (Å²) in [5.41, 5.74) is 1.60. The molecule has 2 rings (SSSR count). The van der Waals surface area contributed by atoms with Crippen molar-refractivity contribution in [3.63, 3.8) is 0 Å². The molecule has 4 nitrogen and oxygen atoms in total. The van der Waals surface area contributed by atoms with E-state index in [1.165, 1.54) is 11.1 Å². The van der Waals surface area contributed by atoms with Gasteiger partial charge in [0.15, 0.2) is 0 Å². The smallest absolute Gasteiger partial charge is 0.323 e. The van der Waals surface area contributed by atoms with Gasteiger partial charge >= 0.3 is 5.97 Å². The van der Waals surface area contributed by atoms with E-state index in [0.717, 1.165) is 18.6 Å². The fraction of sp³-hybridized carbons (Fsp3) is 0.533. The summed E-state index contributed by atoms with van der Waals surface area (Å²) in [4.78, 5) is 13.3. The molecule has 4 heteroatoms. The molecule has 1 atom stereocenters. The van der Waals surface area contributed by atoms with Gasteiger partial charge in [-0.15, -0.1) is 0 Å². The monoisotopic (exact) mass is 263 g/mol. The summed E-state index contributed by atoms with van der Waals surface area (Å²) < 4.78 is 5.27. The molecule has 0 bridgehead atoms. The zero-order valence-corrected chi connectivity index (χ0v) is 11.9. The Morgan fingerprint density at radius 1 is 1.47 bits per heavy atom. The molecule has 0 radical (unpaired) electrons. The predicted molar refractivity (Wildman–Crippen MR) is 73.5 cm³/mol. The van der Waals surface area contributed by atoms with Gasteiger partial charge in [0.25, 0.3) is 0 Å². The zero-order chi connectivity index (χ0) is 14.2. The van der Waals surface area contributed by atoms with Crippen LogP contribution in [0.5, 0.6) is 5.75 Å². The van der Waals surface area contributed by atoms with E-state index in [1.807, 2.05) is 24.1 Å². The first-order valence-corrected chi connectivity index (χ1v) is 6.51. The van der Waals surface area contributed by atoms with Crippen molar-refractivity contribution in [1.82, 2.24) is 4.90 Å². The molecule has 0 fully saturated rings. The van der Waals surface area contributed by atoms with Crippen LogP contribution in [0.2, 0.25) is 0 Å². The van der Waals surface area contributed by atoms with Crippen molar-refractivity contribution in [1.29, 1.82) is 0 Å². The number of hydrogen-bond acceptors (Lipinski definition) is 3. The van der Waals surface area contributed by atoms with Gasteiger partial charge in [-0.05, 0) is 57.0 Å². The zero-order valence-electron chi connectivity index (χ0n) is 11.9. The van der Waals surface area contributed by atoms with Crippen LogP contribution in [0, 0.1) is 0 Å². The second-order valence-corrected chi connectivity index (χ2v) is 5.59. The van der Waals surface area contributed by atoms with E-state index in [1.54, 1.807) is 21.0 Å². The van der Waals surface area contributed by atoms with Gasteiger partial charge in [0, 0.05) is 6.04 Å². The van der Waals surface area contributed by atoms with Crippen LogP contribution in [0.25, 0.3) is 0 Å². The third-order valence-corrected chi connectivity index (χ3v) is 4.27. The van der Waals surface area contributed by atoms with Crippen LogP contribution in [-0.4, -0.2) is 35.7 Å². The van der Waals surface area contributed by atoms with Gasteiger partial charge in [0.2, 0.25) is 0 Å². The van der Waals surface area contributed by atoms with Crippen LogP contribution >= 0.6 is 0 Å². The van der Waals surface area contributed by atoms with Crippen LogP contribution < -0.4 is 4.74 Å². The number of nitrogens with zero attached hydrogens (tertiary/aromatic N) is 1. The number of aliphatic carboxylic acids is 1. The number of aryl methyl sites for hydroxylation is 1. The van der Waals surface area contributed by atoms with E-state index in [2.05, 4.69) is 6.07 Å². The van der Waals surface area contributed by atoms with Crippen molar-refractivity contribution in [2.24, 2.45) is 0 Å². The number of carboxylic acid groups (broad SMARTS) is 1. The highest BCUT2D eigenvalue weighted by Crippen LogP contribution is 2.39.